The minimum Gasteiger partial charge on any atom is -0.378 e. The molecule has 0 aromatic carbocycles. The van der Waals surface area contributed by atoms with Crippen LogP contribution in [0.1, 0.15) is 39.0 Å². The molecule has 1 aliphatic heterocycles. The van der Waals surface area contributed by atoms with Crippen molar-refractivity contribution in [1.82, 2.24) is 5.32 Å². The van der Waals surface area contributed by atoms with Crippen LogP contribution in [0, 0.1) is 5.41 Å². The van der Waals surface area contributed by atoms with Gasteiger partial charge in [-0.1, -0.05) is 6.07 Å². The highest BCUT2D eigenvalue weighted by atomic mass is 32.1. The van der Waals surface area contributed by atoms with Crippen molar-refractivity contribution in [1.29, 1.82) is 0 Å². The molecule has 1 aromatic rings. The highest BCUT2D eigenvalue weighted by Crippen LogP contribution is 2.39. The van der Waals surface area contributed by atoms with Crippen molar-refractivity contribution in [3.05, 3.63) is 22.4 Å². The number of hydrogen-bond acceptors (Lipinski definition) is 3. The molecule has 0 aliphatic carbocycles. The van der Waals surface area contributed by atoms with Gasteiger partial charge in [0.15, 0.2) is 0 Å². The van der Waals surface area contributed by atoms with Gasteiger partial charge in [0.2, 0.25) is 0 Å². The van der Waals surface area contributed by atoms with Crippen LogP contribution in [-0.4, -0.2) is 24.8 Å². The van der Waals surface area contributed by atoms with E-state index < -0.39 is 0 Å². The predicted octanol–water partition coefficient (Wildman–Crippen LogP) is 3.47. The molecule has 1 N–H and O–H groups in total. The molecular formula is C15H25NOS. The highest BCUT2D eigenvalue weighted by molar-refractivity contribution is 7.09. The van der Waals surface area contributed by atoms with Gasteiger partial charge in [0.05, 0.1) is 6.10 Å². The molecule has 1 aromatic heterocycles. The summed E-state index contributed by atoms with van der Waals surface area (Å²) in [6.45, 7) is 10.9. The molecule has 2 rings (SSSR count). The van der Waals surface area contributed by atoms with Crippen LogP contribution in [0.4, 0.5) is 0 Å². The minimum atomic E-state index is 0.171. The van der Waals surface area contributed by atoms with Crippen LogP contribution in [0.25, 0.3) is 0 Å². The first-order chi connectivity index (χ1) is 8.41. The fourth-order valence-corrected chi connectivity index (χ4v) is 3.41. The van der Waals surface area contributed by atoms with Gasteiger partial charge < -0.3 is 10.1 Å². The maximum absolute atomic E-state index is 5.85. The van der Waals surface area contributed by atoms with Crippen molar-refractivity contribution < 1.29 is 4.74 Å². The smallest absolute Gasteiger partial charge is 0.0619 e. The average molecular weight is 267 g/mol. The molecule has 0 saturated carbocycles. The summed E-state index contributed by atoms with van der Waals surface area (Å²) >= 11 is 1.86. The van der Waals surface area contributed by atoms with Crippen LogP contribution >= 0.6 is 11.3 Å². The SMILES string of the molecule is CC1OCCC1(CNC(C)(C)C)Cc1cccs1. The standard InChI is InChI=1S/C15H25NOS/c1-12-15(7-8-17-12,11-16-14(2,3)4)10-13-6-5-9-18-13/h5-6,9,12,16H,7-8,10-11H2,1-4H3. The zero-order chi connectivity index (χ0) is 13.2. The Labute approximate surface area is 115 Å². The third-order valence-electron chi connectivity index (χ3n) is 3.91. The van der Waals surface area contributed by atoms with Crippen molar-refractivity contribution >= 4 is 11.3 Å². The normalized spacial score (nSPS) is 28.8. The predicted molar refractivity (Wildman–Crippen MR) is 78.2 cm³/mol. The summed E-state index contributed by atoms with van der Waals surface area (Å²) in [5, 5.41) is 5.84. The summed E-state index contributed by atoms with van der Waals surface area (Å²) in [5.41, 5.74) is 0.433. The summed E-state index contributed by atoms with van der Waals surface area (Å²) in [7, 11) is 0. The maximum Gasteiger partial charge on any atom is 0.0619 e. The number of rotatable bonds is 4. The van der Waals surface area contributed by atoms with E-state index in [4.69, 9.17) is 4.74 Å². The van der Waals surface area contributed by atoms with Crippen molar-refractivity contribution in [2.45, 2.75) is 52.2 Å². The van der Waals surface area contributed by atoms with Crippen LogP contribution in [-0.2, 0) is 11.2 Å². The third-order valence-corrected chi connectivity index (χ3v) is 4.78. The molecule has 3 heteroatoms. The number of ether oxygens (including phenoxy) is 1. The zero-order valence-corrected chi connectivity index (χ0v) is 12.8. The average Bonchev–Trinajstić information content (AvgIpc) is 2.87. The molecule has 18 heavy (non-hydrogen) atoms. The number of thiophene rings is 1. The Morgan fingerprint density at radius 3 is 2.78 bits per heavy atom. The summed E-state index contributed by atoms with van der Waals surface area (Å²) in [4.78, 5) is 1.48. The number of hydrogen-bond donors (Lipinski definition) is 1. The first kappa shape index (κ1) is 14.0. The molecule has 2 atom stereocenters. The van der Waals surface area contributed by atoms with E-state index in [1.165, 1.54) is 4.88 Å². The van der Waals surface area contributed by atoms with Crippen molar-refractivity contribution in [2.24, 2.45) is 5.41 Å². The molecule has 2 heterocycles. The second kappa shape index (κ2) is 5.32. The Morgan fingerprint density at radius 2 is 2.28 bits per heavy atom. The van der Waals surface area contributed by atoms with Gasteiger partial charge >= 0.3 is 0 Å². The maximum atomic E-state index is 5.85. The van der Waals surface area contributed by atoms with Gasteiger partial charge in [0.25, 0.3) is 0 Å². The topological polar surface area (TPSA) is 21.3 Å². The van der Waals surface area contributed by atoms with Crippen LogP contribution in [0.5, 0.6) is 0 Å². The Balaban J connectivity index is 2.08. The second-order valence-corrected chi connectivity index (χ2v) is 7.52. The van der Waals surface area contributed by atoms with E-state index in [2.05, 4.69) is 50.5 Å². The monoisotopic (exact) mass is 267 g/mol. The van der Waals surface area contributed by atoms with Gasteiger partial charge in [-0.25, -0.2) is 0 Å². The molecule has 0 radical (unpaired) electrons. The largest absolute Gasteiger partial charge is 0.378 e. The minimum absolute atomic E-state index is 0.171. The van der Waals surface area contributed by atoms with E-state index in [0.29, 0.717) is 6.10 Å². The molecule has 1 fully saturated rings. The molecular weight excluding hydrogens is 242 g/mol. The van der Waals surface area contributed by atoms with E-state index in [1.807, 2.05) is 11.3 Å². The Morgan fingerprint density at radius 1 is 1.50 bits per heavy atom. The first-order valence-electron chi connectivity index (χ1n) is 6.80. The van der Waals surface area contributed by atoms with E-state index >= 15 is 0 Å². The molecule has 2 unspecified atom stereocenters. The van der Waals surface area contributed by atoms with Gasteiger partial charge in [-0.05, 0) is 52.0 Å². The van der Waals surface area contributed by atoms with Gasteiger partial charge in [-0.3, -0.25) is 0 Å². The summed E-state index contributed by atoms with van der Waals surface area (Å²) in [5.74, 6) is 0. The fourth-order valence-electron chi connectivity index (χ4n) is 2.55. The molecule has 2 nitrogen and oxygen atoms in total. The van der Waals surface area contributed by atoms with Crippen LogP contribution in [0.15, 0.2) is 17.5 Å². The fraction of sp³-hybridized carbons (Fsp3) is 0.733. The Bertz CT molecular complexity index is 368. The van der Waals surface area contributed by atoms with Gasteiger partial charge in [-0.2, -0.15) is 0 Å². The van der Waals surface area contributed by atoms with Crippen molar-refractivity contribution in [3.63, 3.8) is 0 Å². The third kappa shape index (κ3) is 3.34. The number of nitrogens with one attached hydrogen (secondary N) is 1. The summed E-state index contributed by atoms with van der Waals surface area (Å²) in [6, 6.07) is 4.39. The lowest BCUT2D eigenvalue weighted by Crippen LogP contribution is -2.47. The van der Waals surface area contributed by atoms with Crippen LogP contribution in [0.2, 0.25) is 0 Å². The first-order valence-corrected chi connectivity index (χ1v) is 7.68. The summed E-state index contributed by atoms with van der Waals surface area (Å²) < 4.78 is 5.85. The Hall–Kier alpha value is -0.380. The lowest BCUT2D eigenvalue weighted by molar-refractivity contribution is 0.0602. The molecule has 1 saturated heterocycles. The van der Waals surface area contributed by atoms with Gasteiger partial charge in [-0.15, -0.1) is 11.3 Å². The van der Waals surface area contributed by atoms with Crippen molar-refractivity contribution in [3.8, 4) is 0 Å². The van der Waals surface area contributed by atoms with Crippen molar-refractivity contribution in [2.75, 3.05) is 13.2 Å². The van der Waals surface area contributed by atoms with Crippen LogP contribution in [0.3, 0.4) is 0 Å². The highest BCUT2D eigenvalue weighted by Gasteiger charge is 2.42. The van der Waals surface area contributed by atoms with E-state index in [9.17, 15) is 0 Å². The molecule has 1 aliphatic rings. The summed E-state index contributed by atoms with van der Waals surface area (Å²) in [6.07, 6.45) is 2.64. The van der Waals surface area contributed by atoms with Gasteiger partial charge in [0.1, 0.15) is 0 Å². The molecule has 0 spiro atoms. The van der Waals surface area contributed by atoms with Gasteiger partial charge in [0, 0.05) is 29.0 Å². The van der Waals surface area contributed by atoms with E-state index in [1.54, 1.807) is 0 Å². The molecule has 0 amide bonds. The lowest BCUT2D eigenvalue weighted by atomic mass is 9.77. The van der Waals surface area contributed by atoms with E-state index in [-0.39, 0.29) is 11.0 Å². The second-order valence-electron chi connectivity index (χ2n) is 6.49. The zero-order valence-electron chi connectivity index (χ0n) is 12.0. The lowest BCUT2D eigenvalue weighted by Gasteiger charge is -2.35. The Kier molecular flexibility index (Phi) is 4.15. The molecule has 0 bridgehead atoms. The molecule has 102 valence electrons. The quantitative estimate of drug-likeness (QED) is 0.902. The van der Waals surface area contributed by atoms with Crippen LogP contribution < -0.4 is 5.32 Å². The van der Waals surface area contributed by atoms with E-state index in [0.717, 1.165) is 26.0 Å².